The minimum atomic E-state index is -0.762. The standard InChI is InChI=1S/C18H21NO2/c1-13(2)18(15-11-7-4-8-12-15)17(20)21-16(19-18)14-9-5-3-6-10-14/h3,5-7,9-11,13,15H,4,8,12H2,1-2H3. The summed E-state index contributed by atoms with van der Waals surface area (Å²) in [5.74, 6) is 0.514. The third kappa shape index (κ3) is 2.31. The van der Waals surface area contributed by atoms with Crippen LogP contribution in [0.3, 0.4) is 0 Å². The predicted molar refractivity (Wildman–Crippen MR) is 83.1 cm³/mol. The Kier molecular flexibility index (Phi) is 3.66. The van der Waals surface area contributed by atoms with Gasteiger partial charge in [0, 0.05) is 11.5 Å². The maximum atomic E-state index is 12.7. The normalized spacial score (nSPS) is 28.6. The molecule has 0 radical (unpaired) electrons. The van der Waals surface area contributed by atoms with Gasteiger partial charge < -0.3 is 4.74 Å². The first kappa shape index (κ1) is 14.1. The Morgan fingerprint density at radius 2 is 2.05 bits per heavy atom. The van der Waals surface area contributed by atoms with Gasteiger partial charge in [-0.05, 0) is 37.3 Å². The lowest BCUT2D eigenvalue weighted by Crippen LogP contribution is -2.46. The van der Waals surface area contributed by atoms with E-state index in [1.54, 1.807) is 0 Å². The van der Waals surface area contributed by atoms with Crippen LogP contribution < -0.4 is 0 Å². The van der Waals surface area contributed by atoms with Crippen molar-refractivity contribution in [3.05, 3.63) is 48.0 Å². The summed E-state index contributed by atoms with van der Waals surface area (Å²) in [5, 5.41) is 0. The number of aliphatic imine (C=N–C) groups is 1. The van der Waals surface area contributed by atoms with Crippen LogP contribution in [0.15, 0.2) is 47.5 Å². The molecule has 2 aliphatic rings. The third-order valence-corrected chi connectivity index (χ3v) is 4.52. The van der Waals surface area contributed by atoms with Gasteiger partial charge in [0.05, 0.1) is 0 Å². The van der Waals surface area contributed by atoms with E-state index < -0.39 is 5.54 Å². The number of rotatable bonds is 3. The lowest BCUT2D eigenvalue weighted by atomic mass is 9.72. The Labute approximate surface area is 125 Å². The highest BCUT2D eigenvalue weighted by atomic mass is 16.6. The topological polar surface area (TPSA) is 38.7 Å². The van der Waals surface area contributed by atoms with Crippen LogP contribution >= 0.6 is 0 Å². The highest BCUT2D eigenvalue weighted by Crippen LogP contribution is 2.41. The Hall–Kier alpha value is -1.90. The fourth-order valence-corrected chi connectivity index (χ4v) is 3.32. The molecule has 0 fully saturated rings. The van der Waals surface area contributed by atoms with E-state index >= 15 is 0 Å². The molecule has 1 aliphatic heterocycles. The van der Waals surface area contributed by atoms with E-state index in [1.807, 2.05) is 30.3 Å². The van der Waals surface area contributed by atoms with Crippen LogP contribution in [0, 0.1) is 11.8 Å². The second kappa shape index (κ2) is 5.47. The summed E-state index contributed by atoms with van der Waals surface area (Å²) in [6.07, 6.45) is 7.52. The summed E-state index contributed by atoms with van der Waals surface area (Å²) in [4.78, 5) is 17.4. The fraction of sp³-hybridized carbons (Fsp3) is 0.444. The van der Waals surface area contributed by atoms with Crippen LogP contribution in [0.4, 0.5) is 0 Å². The van der Waals surface area contributed by atoms with Crippen LogP contribution in [0.25, 0.3) is 0 Å². The van der Waals surface area contributed by atoms with Crippen molar-refractivity contribution in [3.63, 3.8) is 0 Å². The summed E-state index contributed by atoms with van der Waals surface area (Å²) in [7, 11) is 0. The Morgan fingerprint density at radius 1 is 1.29 bits per heavy atom. The number of benzene rings is 1. The zero-order chi connectivity index (χ0) is 14.9. The monoisotopic (exact) mass is 283 g/mol. The molecule has 0 bridgehead atoms. The number of hydrogen-bond acceptors (Lipinski definition) is 3. The fourth-order valence-electron chi connectivity index (χ4n) is 3.32. The second-order valence-corrected chi connectivity index (χ2v) is 6.12. The first-order valence-electron chi connectivity index (χ1n) is 7.69. The van der Waals surface area contributed by atoms with Crippen molar-refractivity contribution in [2.75, 3.05) is 0 Å². The molecule has 1 heterocycles. The Balaban J connectivity index is 2.04. The number of ether oxygens (including phenoxy) is 1. The van der Waals surface area contributed by atoms with Gasteiger partial charge in [-0.15, -0.1) is 0 Å². The molecule has 2 atom stereocenters. The maximum absolute atomic E-state index is 12.7. The molecular formula is C18H21NO2. The average Bonchev–Trinajstić information content (AvgIpc) is 2.88. The molecule has 1 aromatic rings. The summed E-state index contributed by atoms with van der Waals surface area (Å²) >= 11 is 0. The van der Waals surface area contributed by atoms with E-state index in [1.165, 1.54) is 0 Å². The molecule has 0 spiro atoms. The highest BCUT2D eigenvalue weighted by molar-refractivity contribution is 6.08. The van der Waals surface area contributed by atoms with Gasteiger partial charge in [-0.1, -0.05) is 44.2 Å². The lowest BCUT2D eigenvalue weighted by molar-refractivity contribution is -0.142. The molecule has 1 aliphatic carbocycles. The predicted octanol–water partition coefficient (Wildman–Crippen LogP) is 3.74. The summed E-state index contributed by atoms with van der Waals surface area (Å²) in [5.41, 5.74) is 0.107. The molecule has 3 nitrogen and oxygen atoms in total. The molecule has 0 amide bonds. The van der Waals surface area contributed by atoms with Gasteiger partial charge in [-0.2, -0.15) is 0 Å². The van der Waals surface area contributed by atoms with Crippen molar-refractivity contribution in [3.8, 4) is 0 Å². The zero-order valence-corrected chi connectivity index (χ0v) is 12.6. The average molecular weight is 283 g/mol. The van der Waals surface area contributed by atoms with Crippen molar-refractivity contribution < 1.29 is 9.53 Å². The van der Waals surface area contributed by atoms with Gasteiger partial charge in [0.15, 0.2) is 5.54 Å². The molecule has 0 saturated carbocycles. The Morgan fingerprint density at radius 3 is 2.67 bits per heavy atom. The van der Waals surface area contributed by atoms with Crippen LogP contribution in [-0.4, -0.2) is 17.4 Å². The largest absolute Gasteiger partial charge is 0.405 e. The zero-order valence-electron chi connectivity index (χ0n) is 12.6. The van der Waals surface area contributed by atoms with E-state index in [4.69, 9.17) is 9.73 Å². The van der Waals surface area contributed by atoms with Crippen molar-refractivity contribution in [1.29, 1.82) is 0 Å². The lowest BCUT2D eigenvalue weighted by Gasteiger charge is -2.34. The molecule has 0 N–H and O–H groups in total. The van der Waals surface area contributed by atoms with Gasteiger partial charge in [0.25, 0.3) is 0 Å². The van der Waals surface area contributed by atoms with E-state index in [0.717, 1.165) is 24.8 Å². The third-order valence-electron chi connectivity index (χ3n) is 4.52. The number of cyclic esters (lactones) is 1. The van der Waals surface area contributed by atoms with Gasteiger partial charge in [-0.25, -0.2) is 9.79 Å². The number of allylic oxidation sites excluding steroid dienone is 1. The van der Waals surface area contributed by atoms with Crippen molar-refractivity contribution in [2.45, 2.75) is 38.6 Å². The van der Waals surface area contributed by atoms with Crippen LogP contribution in [0.2, 0.25) is 0 Å². The second-order valence-electron chi connectivity index (χ2n) is 6.12. The molecule has 3 rings (SSSR count). The first-order chi connectivity index (χ1) is 10.1. The van der Waals surface area contributed by atoms with Crippen molar-refractivity contribution in [1.82, 2.24) is 0 Å². The van der Waals surface area contributed by atoms with E-state index in [0.29, 0.717) is 5.90 Å². The van der Waals surface area contributed by atoms with Gasteiger partial charge >= 0.3 is 5.97 Å². The van der Waals surface area contributed by atoms with Crippen LogP contribution in [0.5, 0.6) is 0 Å². The molecule has 110 valence electrons. The summed E-state index contributed by atoms with van der Waals surface area (Å²) < 4.78 is 5.56. The maximum Gasteiger partial charge on any atom is 0.341 e. The summed E-state index contributed by atoms with van der Waals surface area (Å²) in [6, 6.07) is 9.67. The van der Waals surface area contributed by atoms with Gasteiger partial charge in [0.2, 0.25) is 5.90 Å². The Bertz CT molecular complexity index is 588. The molecule has 2 unspecified atom stereocenters. The van der Waals surface area contributed by atoms with Gasteiger partial charge in [0.1, 0.15) is 0 Å². The van der Waals surface area contributed by atoms with Crippen LogP contribution in [-0.2, 0) is 9.53 Å². The molecule has 0 aromatic heterocycles. The van der Waals surface area contributed by atoms with E-state index in [-0.39, 0.29) is 17.8 Å². The molecule has 21 heavy (non-hydrogen) atoms. The van der Waals surface area contributed by atoms with Crippen LogP contribution in [0.1, 0.15) is 38.7 Å². The van der Waals surface area contributed by atoms with Crippen molar-refractivity contribution in [2.24, 2.45) is 16.8 Å². The molecule has 3 heteroatoms. The number of hydrogen-bond donors (Lipinski definition) is 0. The quantitative estimate of drug-likeness (QED) is 0.626. The number of nitrogens with zero attached hydrogens (tertiary/aromatic N) is 1. The summed E-state index contributed by atoms with van der Waals surface area (Å²) in [6.45, 7) is 4.11. The van der Waals surface area contributed by atoms with Gasteiger partial charge in [-0.3, -0.25) is 0 Å². The van der Waals surface area contributed by atoms with E-state index in [9.17, 15) is 4.79 Å². The first-order valence-corrected chi connectivity index (χ1v) is 7.69. The highest BCUT2D eigenvalue weighted by Gasteiger charge is 2.53. The molecule has 0 saturated heterocycles. The SMILES string of the molecule is CC(C)C1(C2C=CCCC2)N=C(c2ccccc2)OC1=O. The minimum Gasteiger partial charge on any atom is -0.405 e. The smallest absolute Gasteiger partial charge is 0.341 e. The number of carbonyl (C=O) groups is 1. The molecule has 1 aromatic carbocycles. The number of carbonyl (C=O) groups excluding carboxylic acids is 1. The number of esters is 1. The molecular weight excluding hydrogens is 262 g/mol. The van der Waals surface area contributed by atoms with E-state index in [2.05, 4.69) is 26.0 Å². The van der Waals surface area contributed by atoms with Crippen molar-refractivity contribution >= 4 is 11.9 Å². The minimum absolute atomic E-state index is 0.110.